The second-order valence-corrected chi connectivity index (χ2v) is 10.3. The molecule has 2 N–H and O–H groups in total. The van der Waals surface area contributed by atoms with Gasteiger partial charge in [-0.25, -0.2) is 0 Å². The first-order chi connectivity index (χ1) is 14.6. The first kappa shape index (κ1) is 30.0. The Morgan fingerprint density at radius 1 is 0.433 bits per heavy atom. The molecule has 0 spiro atoms. The van der Waals surface area contributed by atoms with Gasteiger partial charge in [0.15, 0.2) is 0 Å². The van der Waals surface area contributed by atoms with Gasteiger partial charge in [0.05, 0.1) is 0 Å². The van der Waals surface area contributed by atoms with Gasteiger partial charge in [-0.2, -0.15) is 0 Å². The van der Waals surface area contributed by atoms with Crippen molar-refractivity contribution in [1.82, 2.24) is 0 Å². The fraction of sp³-hybridized carbons (Fsp3) is 1.00. The summed E-state index contributed by atoms with van der Waals surface area (Å²) in [6.45, 7) is 9.27. The molecule has 1 heteroatoms. The molecule has 1 atom stereocenters. The zero-order valence-corrected chi connectivity index (χ0v) is 21.9. The van der Waals surface area contributed by atoms with Crippen molar-refractivity contribution in [2.24, 2.45) is 11.7 Å². The van der Waals surface area contributed by atoms with Crippen molar-refractivity contribution in [3.63, 3.8) is 0 Å². The summed E-state index contributed by atoms with van der Waals surface area (Å²) < 4.78 is 0. The predicted octanol–water partition coefficient (Wildman–Crippen LogP) is 10.4. The van der Waals surface area contributed by atoms with Crippen molar-refractivity contribution in [2.75, 3.05) is 0 Å². The molecule has 0 radical (unpaired) electrons. The molecule has 0 amide bonds. The first-order valence-electron chi connectivity index (χ1n) is 14.4. The lowest BCUT2D eigenvalue weighted by atomic mass is 9.72. The number of hydrogen-bond acceptors (Lipinski definition) is 1. The summed E-state index contributed by atoms with van der Waals surface area (Å²) in [7, 11) is 0. The van der Waals surface area contributed by atoms with Crippen LogP contribution < -0.4 is 5.73 Å². The van der Waals surface area contributed by atoms with Crippen LogP contribution in [0, 0.1) is 5.92 Å². The number of nitrogens with two attached hydrogens (primary N) is 1. The Morgan fingerprint density at radius 2 is 0.733 bits per heavy atom. The Labute approximate surface area is 192 Å². The van der Waals surface area contributed by atoms with E-state index in [1.807, 2.05) is 0 Å². The van der Waals surface area contributed by atoms with Gasteiger partial charge >= 0.3 is 0 Å². The van der Waals surface area contributed by atoms with E-state index in [0.717, 1.165) is 5.92 Å². The second-order valence-electron chi connectivity index (χ2n) is 10.3. The number of rotatable bonds is 24. The van der Waals surface area contributed by atoms with E-state index in [1.54, 1.807) is 0 Å². The van der Waals surface area contributed by atoms with Crippen LogP contribution in [-0.4, -0.2) is 5.54 Å². The molecule has 182 valence electrons. The lowest BCUT2D eigenvalue weighted by molar-refractivity contribution is 0.190. The Kier molecular flexibility index (Phi) is 22.1. The summed E-state index contributed by atoms with van der Waals surface area (Å²) in [5.41, 5.74) is 7.41. The van der Waals surface area contributed by atoms with E-state index in [9.17, 15) is 0 Å². The van der Waals surface area contributed by atoms with Crippen molar-refractivity contribution in [1.29, 1.82) is 0 Å². The van der Waals surface area contributed by atoms with Gasteiger partial charge in [0.25, 0.3) is 0 Å². The van der Waals surface area contributed by atoms with Crippen molar-refractivity contribution < 1.29 is 0 Å². The van der Waals surface area contributed by atoms with Gasteiger partial charge in [0.1, 0.15) is 0 Å². The van der Waals surface area contributed by atoms with Gasteiger partial charge in [0, 0.05) is 5.54 Å². The van der Waals surface area contributed by atoms with Crippen LogP contribution in [0.1, 0.15) is 175 Å². The molecule has 0 aliphatic carbocycles. The molecule has 0 saturated heterocycles. The lowest BCUT2D eigenvalue weighted by Gasteiger charge is -2.39. The minimum Gasteiger partial charge on any atom is -0.325 e. The molecule has 0 heterocycles. The van der Waals surface area contributed by atoms with E-state index >= 15 is 0 Å². The smallest absolute Gasteiger partial charge is 0.0182 e. The van der Waals surface area contributed by atoms with E-state index in [1.165, 1.54) is 148 Å². The van der Waals surface area contributed by atoms with Gasteiger partial charge in [-0.1, -0.05) is 150 Å². The summed E-state index contributed by atoms with van der Waals surface area (Å²) in [4.78, 5) is 0. The number of hydrogen-bond donors (Lipinski definition) is 1. The van der Waals surface area contributed by atoms with Crippen LogP contribution in [0.2, 0.25) is 0 Å². The largest absolute Gasteiger partial charge is 0.325 e. The predicted molar refractivity (Wildman–Crippen MR) is 139 cm³/mol. The Bertz CT molecular complexity index is 312. The topological polar surface area (TPSA) is 26.0 Å². The van der Waals surface area contributed by atoms with Crippen LogP contribution in [0.25, 0.3) is 0 Å². The summed E-state index contributed by atoms with van der Waals surface area (Å²) >= 11 is 0. The molecule has 30 heavy (non-hydrogen) atoms. The van der Waals surface area contributed by atoms with E-state index in [0.29, 0.717) is 0 Å². The van der Waals surface area contributed by atoms with E-state index in [-0.39, 0.29) is 5.54 Å². The normalized spacial score (nSPS) is 13.1. The SMILES string of the molecule is CCCCCCCCCC(CCCCCC)C(N)(CCCCCC)CCCCCC. The molecular weight excluding hydrogens is 362 g/mol. The molecule has 0 bridgehead atoms. The van der Waals surface area contributed by atoms with Gasteiger partial charge in [-0.05, 0) is 31.6 Å². The van der Waals surface area contributed by atoms with Gasteiger partial charge in [0.2, 0.25) is 0 Å². The highest BCUT2D eigenvalue weighted by Gasteiger charge is 2.33. The van der Waals surface area contributed by atoms with Crippen LogP contribution in [0.3, 0.4) is 0 Å². The number of unbranched alkanes of at least 4 members (excludes halogenated alkanes) is 15. The lowest BCUT2D eigenvalue weighted by Crippen LogP contribution is -2.47. The Hall–Kier alpha value is -0.0400. The molecule has 0 fully saturated rings. The quantitative estimate of drug-likeness (QED) is 0.153. The van der Waals surface area contributed by atoms with Crippen molar-refractivity contribution in [3.05, 3.63) is 0 Å². The fourth-order valence-electron chi connectivity index (χ4n) is 5.18. The molecule has 0 aliphatic heterocycles. The highest BCUT2D eigenvalue weighted by atomic mass is 14.8. The molecule has 0 aliphatic rings. The van der Waals surface area contributed by atoms with Crippen LogP contribution in [0.5, 0.6) is 0 Å². The maximum Gasteiger partial charge on any atom is 0.0182 e. The Morgan fingerprint density at radius 3 is 1.13 bits per heavy atom. The van der Waals surface area contributed by atoms with Crippen molar-refractivity contribution >= 4 is 0 Å². The third-order valence-electron chi connectivity index (χ3n) is 7.37. The molecule has 1 nitrogen and oxygen atoms in total. The second kappa shape index (κ2) is 22.2. The van der Waals surface area contributed by atoms with Crippen molar-refractivity contribution in [3.8, 4) is 0 Å². The van der Waals surface area contributed by atoms with Crippen LogP contribution in [-0.2, 0) is 0 Å². The Balaban J connectivity index is 4.76. The maximum atomic E-state index is 7.30. The summed E-state index contributed by atoms with van der Waals surface area (Å²) in [6.07, 6.45) is 31.6. The molecule has 0 aromatic rings. The van der Waals surface area contributed by atoms with E-state index in [2.05, 4.69) is 27.7 Å². The summed E-state index contributed by atoms with van der Waals surface area (Å²) in [5, 5.41) is 0. The average Bonchev–Trinajstić information content (AvgIpc) is 2.75. The van der Waals surface area contributed by atoms with Gasteiger partial charge < -0.3 is 5.73 Å². The summed E-state index contributed by atoms with van der Waals surface area (Å²) in [6, 6.07) is 0. The van der Waals surface area contributed by atoms with Crippen LogP contribution in [0.15, 0.2) is 0 Å². The molecule has 0 saturated carbocycles. The highest BCUT2D eigenvalue weighted by molar-refractivity contribution is 4.91. The third-order valence-corrected chi connectivity index (χ3v) is 7.37. The minimum atomic E-state index is 0.107. The summed E-state index contributed by atoms with van der Waals surface area (Å²) in [5.74, 6) is 0.758. The zero-order chi connectivity index (χ0) is 22.3. The minimum absolute atomic E-state index is 0.107. The first-order valence-corrected chi connectivity index (χ1v) is 14.4. The monoisotopic (exact) mass is 423 g/mol. The maximum absolute atomic E-state index is 7.30. The molecular formula is C29H61N. The van der Waals surface area contributed by atoms with E-state index in [4.69, 9.17) is 5.73 Å². The molecule has 1 unspecified atom stereocenters. The third kappa shape index (κ3) is 16.6. The standard InChI is InChI=1S/C29H61N/c1-5-9-13-17-18-19-21-25-28(24-20-14-10-6-2)29(30,26-22-15-11-7-3)27-23-16-12-8-4/h28H,5-27,30H2,1-4H3. The van der Waals surface area contributed by atoms with Crippen LogP contribution in [0.4, 0.5) is 0 Å². The zero-order valence-electron chi connectivity index (χ0n) is 21.9. The average molecular weight is 424 g/mol. The fourth-order valence-corrected chi connectivity index (χ4v) is 5.18. The molecule has 0 aromatic heterocycles. The van der Waals surface area contributed by atoms with Gasteiger partial charge in [-0.15, -0.1) is 0 Å². The molecule has 0 rings (SSSR count). The van der Waals surface area contributed by atoms with Crippen molar-refractivity contribution in [2.45, 2.75) is 181 Å². The molecule has 0 aromatic carbocycles. The van der Waals surface area contributed by atoms with E-state index < -0.39 is 0 Å². The highest BCUT2D eigenvalue weighted by Crippen LogP contribution is 2.35. The van der Waals surface area contributed by atoms with Crippen LogP contribution >= 0.6 is 0 Å². The van der Waals surface area contributed by atoms with Gasteiger partial charge in [-0.3, -0.25) is 0 Å².